The summed E-state index contributed by atoms with van der Waals surface area (Å²) in [5.74, 6) is -0.385. The molecule has 1 amide bonds. The third kappa shape index (κ3) is 2.20. The zero-order valence-electron chi connectivity index (χ0n) is 6.66. The first-order valence-electron chi connectivity index (χ1n) is 3.85. The summed E-state index contributed by atoms with van der Waals surface area (Å²) in [6, 6.07) is 0.165. The fourth-order valence-electron chi connectivity index (χ4n) is 1.13. The van der Waals surface area contributed by atoms with Gasteiger partial charge >= 0.3 is 5.97 Å². The van der Waals surface area contributed by atoms with Crippen molar-refractivity contribution in [3.8, 4) is 0 Å². The van der Waals surface area contributed by atoms with E-state index in [1.807, 2.05) is 0 Å². The maximum absolute atomic E-state index is 10.6. The minimum absolute atomic E-state index is 0.0569. The van der Waals surface area contributed by atoms with E-state index in [9.17, 15) is 9.59 Å². The first-order valence-corrected chi connectivity index (χ1v) is 3.85. The van der Waals surface area contributed by atoms with Gasteiger partial charge in [-0.1, -0.05) is 0 Å². The number of hydrogen-bond donors (Lipinski definition) is 2. The molecule has 5 nitrogen and oxygen atoms in total. The third-order valence-electron chi connectivity index (χ3n) is 1.86. The lowest BCUT2D eigenvalue weighted by atomic mass is 9.89. The van der Waals surface area contributed by atoms with Gasteiger partial charge < -0.3 is 15.8 Å². The molecule has 0 aromatic rings. The van der Waals surface area contributed by atoms with E-state index in [0.29, 0.717) is 19.3 Å². The van der Waals surface area contributed by atoms with Gasteiger partial charge in [-0.2, -0.15) is 0 Å². The second-order valence-corrected chi connectivity index (χ2v) is 2.77. The highest BCUT2D eigenvalue weighted by Crippen LogP contribution is 2.22. The van der Waals surface area contributed by atoms with Crippen molar-refractivity contribution in [2.24, 2.45) is 5.73 Å². The van der Waals surface area contributed by atoms with E-state index >= 15 is 0 Å². The van der Waals surface area contributed by atoms with E-state index in [2.05, 4.69) is 5.32 Å². The molecule has 0 spiro atoms. The largest absolute Gasteiger partial charge is 0.461 e. The Labute approximate surface area is 70.2 Å². The fraction of sp³-hybridized carbons (Fsp3) is 0.714. The van der Waals surface area contributed by atoms with Crippen LogP contribution >= 0.6 is 0 Å². The van der Waals surface area contributed by atoms with E-state index in [4.69, 9.17) is 10.5 Å². The molecule has 0 radical (unpaired) electrons. The highest BCUT2D eigenvalue weighted by molar-refractivity contribution is 5.71. The third-order valence-corrected chi connectivity index (χ3v) is 1.86. The summed E-state index contributed by atoms with van der Waals surface area (Å²) >= 11 is 0. The van der Waals surface area contributed by atoms with Gasteiger partial charge in [0.1, 0.15) is 6.10 Å². The summed E-state index contributed by atoms with van der Waals surface area (Å²) in [5.41, 5.74) is 5.05. The van der Waals surface area contributed by atoms with Crippen LogP contribution < -0.4 is 11.1 Å². The molecule has 3 N–H and O–H groups in total. The molecule has 0 aromatic heterocycles. The van der Waals surface area contributed by atoms with Gasteiger partial charge in [0.2, 0.25) is 6.41 Å². The number of carbonyl (C=O) groups excluding carboxylic acids is 2. The number of hydrogen-bond acceptors (Lipinski definition) is 4. The van der Waals surface area contributed by atoms with Crippen molar-refractivity contribution < 1.29 is 14.3 Å². The van der Waals surface area contributed by atoms with Gasteiger partial charge in [0.15, 0.2) is 0 Å². The van der Waals surface area contributed by atoms with E-state index in [1.165, 1.54) is 0 Å². The average Bonchev–Trinajstić information content (AvgIpc) is 2.00. The van der Waals surface area contributed by atoms with Crippen molar-refractivity contribution in [1.82, 2.24) is 5.32 Å². The van der Waals surface area contributed by atoms with Gasteiger partial charge in [-0.05, 0) is 0 Å². The molecule has 0 heterocycles. The van der Waals surface area contributed by atoms with Crippen LogP contribution in [0.2, 0.25) is 0 Å². The fourth-order valence-corrected chi connectivity index (χ4v) is 1.13. The monoisotopic (exact) mass is 172 g/mol. The van der Waals surface area contributed by atoms with E-state index in [0.717, 1.165) is 0 Å². The summed E-state index contributed by atoms with van der Waals surface area (Å²) in [7, 11) is 0. The van der Waals surface area contributed by atoms with Crippen molar-refractivity contribution in [3.63, 3.8) is 0 Å². The molecule has 0 aliphatic heterocycles. The second kappa shape index (κ2) is 4.06. The Kier molecular flexibility index (Phi) is 3.04. The maximum Gasteiger partial charge on any atom is 0.319 e. The van der Waals surface area contributed by atoms with Crippen LogP contribution in [-0.2, 0) is 14.3 Å². The highest BCUT2D eigenvalue weighted by atomic mass is 16.5. The maximum atomic E-state index is 10.6. The van der Waals surface area contributed by atoms with Crippen LogP contribution in [0.1, 0.15) is 12.8 Å². The molecule has 1 rings (SSSR count). The molecule has 0 unspecified atom stereocenters. The molecular formula is C7H12N2O3. The summed E-state index contributed by atoms with van der Waals surface area (Å²) in [6.07, 6.45) is 2.00. The van der Waals surface area contributed by atoms with Gasteiger partial charge in [-0.15, -0.1) is 0 Å². The van der Waals surface area contributed by atoms with Gasteiger partial charge in [0, 0.05) is 18.9 Å². The molecule has 0 saturated heterocycles. The summed E-state index contributed by atoms with van der Waals surface area (Å²) in [6.45, 7) is -0.0811. The molecule has 0 bridgehead atoms. The zero-order valence-corrected chi connectivity index (χ0v) is 6.66. The Morgan fingerprint density at radius 1 is 1.67 bits per heavy atom. The number of rotatable bonds is 4. The van der Waals surface area contributed by atoms with Crippen molar-refractivity contribution in [2.45, 2.75) is 25.0 Å². The molecule has 1 saturated carbocycles. The molecule has 0 atom stereocenters. The molecular weight excluding hydrogens is 160 g/mol. The average molecular weight is 172 g/mol. The van der Waals surface area contributed by atoms with Crippen LogP contribution in [0.5, 0.6) is 0 Å². The minimum Gasteiger partial charge on any atom is -0.461 e. The topological polar surface area (TPSA) is 81.4 Å². The first-order chi connectivity index (χ1) is 5.76. The number of nitrogens with two attached hydrogens (primary N) is 1. The lowest BCUT2D eigenvalue weighted by Gasteiger charge is -2.33. The van der Waals surface area contributed by atoms with E-state index < -0.39 is 0 Å². The van der Waals surface area contributed by atoms with Crippen LogP contribution in [0.4, 0.5) is 0 Å². The quantitative estimate of drug-likeness (QED) is 0.411. The van der Waals surface area contributed by atoms with Crippen LogP contribution in [0.25, 0.3) is 0 Å². The predicted molar refractivity (Wildman–Crippen MR) is 41.2 cm³/mol. The van der Waals surface area contributed by atoms with E-state index in [1.54, 1.807) is 0 Å². The Morgan fingerprint density at radius 2 is 2.33 bits per heavy atom. The predicted octanol–water partition coefficient (Wildman–Crippen LogP) is -1.23. The lowest BCUT2D eigenvalue weighted by Crippen LogP contribution is -2.46. The zero-order chi connectivity index (χ0) is 8.97. The Hall–Kier alpha value is -1.10. The molecule has 5 heteroatoms. The standard InChI is InChI=1S/C7H12N2O3/c8-3-7(11)12-6-1-5(2-6)9-4-10/h4-6H,1-3,8H2,(H,9,10). The Balaban J connectivity index is 2.09. The summed E-state index contributed by atoms with van der Waals surface area (Å²) < 4.78 is 4.89. The molecule has 1 aliphatic rings. The van der Waals surface area contributed by atoms with E-state index in [-0.39, 0.29) is 24.7 Å². The lowest BCUT2D eigenvalue weighted by molar-refractivity contribution is -0.152. The molecule has 12 heavy (non-hydrogen) atoms. The SMILES string of the molecule is NCC(=O)OC1CC(NC=O)C1. The van der Waals surface area contributed by atoms with Gasteiger partial charge in [-0.25, -0.2) is 0 Å². The van der Waals surface area contributed by atoms with Crippen LogP contribution in [0.15, 0.2) is 0 Å². The van der Waals surface area contributed by atoms with Crippen LogP contribution in [0.3, 0.4) is 0 Å². The van der Waals surface area contributed by atoms with Crippen molar-refractivity contribution in [2.75, 3.05) is 6.54 Å². The summed E-state index contributed by atoms with van der Waals surface area (Å²) in [5, 5.41) is 2.60. The minimum atomic E-state index is -0.385. The molecule has 0 aromatic carbocycles. The van der Waals surface area contributed by atoms with Crippen LogP contribution in [-0.4, -0.2) is 31.1 Å². The van der Waals surface area contributed by atoms with Gasteiger partial charge in [-0.3, -0.25) is 9.59 Å². The molecule has 1 aliphatic carbocycles. The van der Waals surface area contributed by atoms with Gasteiger partial charge in [0.05, 0.1) is 6.54 Å². The summed E-state index contributed by atoms with van der Waals surface area (Å²) in [4.78, 5) is 20.6. The normalized spacial score (nSPS) is 27.1. The highest BCUT2D eigenvalue weighted by Gasteiger charge is 2.31. The van der Waals surface area contributed by atoms with Gasteiger partial charge in [0.25, 0.3) is 0 Å². The molecule has 1 fully saturated rings. The smallest absolute Gasteiger partial charge is 0.319 e. The van der Waals surface area contributed by atoms with Crippen molar-refractivity contribution in [1.29, 1.82) is 0 Å². The number of esters is 1. The van der Waals surface area contributed by atoms with Crippen LogP contribution in [0, 0.1) is 0 Å². The number of ether oxygens (including phenoxy) is 1. The number of carbonyl (C=O) groups is 2. The van der Waals surface area contributed by atoms with Crippen molar-refractivity contribution in [3.05, 3.63) is 0 Å². The first kappa shape index (κ1) is 8.99. The van der Waals surface area contributed by atoms with Crippen molar-refractivity contribution >= 4 is 12.4 Å². The second-order valence-electron chi connectivity index (χ2n) is 2.77. The Bertz CT molecular complexity index is 177. The Morgan fingerprint density at radius 3 is 2.83 bits per heavy atom. The number of amides is 1. The molecule has 68 valence electrons. The number of nitrogens with one attached hydrogen (secondary N) is 1.